The normalized spacial score (nSPS) is 20.5. The number of fused-ring (bicyclic) bond motifs is 2. The number of benzene rings is 2. The Hall–Kier alpha value is -3.93. The van der Waals surface area contributed by atoms with E-state index in [1.165, 1.54) is 18.1 Å². The van der Waals surface area contributed by atoms with Gasteiger partial charge in [-0.25, -0.2) is 0 Å². The number of para-hydroxylation sites is 2. The number of aliphatic hydroxyl groups excluding tert-OH is 1. The number of aliphatic hydroxyl groups is 1. The van der Waals surface area contributed by atoms with Crippen molar-refractivity contribution >= 4 is 28.8 Å². The number of carbonyl (C=O) groups is 2. The zero-order valence-electron chi connectivity index (χ0n) is 25.1. The van der Waals surface area contributed by atoms with Crippen molar-refractivity contribution in [1.29, 1.82) is 0 Å². The fourth-order valence-electron chi connectivity index (χ4n) is 6.53. The number of rotatable bonds is 9. The van der Waals surface area contributed by atoms with E-state index in [2.05, 4.69) is 68.4 Å². The van der Waals surface area contributed by atoms with E-state index in [1.54, 1.807) is 0 Å². The fourth-order valence-corrected chi connectivity index (χ4v) is 6.53. The minimum atomic E-state index is -0.329. The summed E-state index contributed by atoms with van der Waals surface area (Å²) in [5.41, 5.74) is 6.86. The maximum Gasteiger partial charge on any atom is 0.302 e. The van der Waals surface area contributed by atoms with Gasteiger partial charge in [0.2, 0.25) is 11.5 Å². The van der Waals surface area contributed by atoms with Gasteiger partial charge >= 0.3 is 5.97 Å². The molecule has 41 heavy (non-hydrogen) atoms. The van der Waals surface area contributed by atoms with E-state index in [-0.39, 0.29) is 28.3 Å². The van der Waals surface area contributed by atoms with Gasteiger partial charge in [-0.1, -0.05) is 50.2 Å². The molecule has 0 amide bonds. The van der Waals surface area contributed by atoms with Crippen LogP contribution in [0, 0.1) is 0 Å². The molecule has 0 fully saturated rings. The summed E-state index contributed by atoms with van der Waals surface area (Å²) in [5, 5.41) is 11.3. The van der Waals surface area contributed by atoms with Crippen molar-refractivity contribution in [3.63, 3.8) is 0 Å². The first-order valence-electron chi connectivity index (χ1n) is 14.7. The second kappa shape index (κ2) is 10.8. The van der Waals surface area contributed by atoms with E-state index in [0.717, 1.165) is 55.1 Å². The maximum absolute atomic E-state index is 13.6. The number of likely N-dealkylation sites (N-methyl/N-ethyl adjacent to an activating group) is 1. The minimum Gasteiger partial charge on any atom is -0.506 e. The number of Topliss-reactive ketones (excluding diaryl/α,β-unsaturated/α-hetero) is 1. The predicted octanol–water partition coefficient (Wildman–Crippen LogP) is 6.82. The molecule has 0 atom stereocenters. The van der Waals surface area contributed by atoms with Gasteiger partial charge in [0, 0.05) is 54.4 Å². The Morgan fingerprint density at radius 3 is 2.32 bits per heavy atom. The number of carbonyl (C=O) groups excluding carboxylic acids is 2. The van der Waals surface area contributed by atoms with Crippen molar-refractivity contribution in [3.8, 4) is 0 Å². The Bertz CT molecular complexity index is 1540. The number of allylic oxidation sites excluding steroid dienone is 5. The molecule has 0 radical (unpaired) electrons. The molecule has 3 aliphatic rings. The van der Waals surface area contributed by atoms with Crippen LogP contribution in [0.3, 0.4) is 0 Å². The highest BCUT2D eigenvalue weighted by Gasteiger charge is 2.47. The topological polar surface area (TPSA) is 69.8 Å². The molecule has 214 valence electrons. The molecule has 2 aliphatic heterocycles. The lowest BCUT2D eigenvalue weighted by molar-refractivity contribution is -0.438. The highest BCUT2D eigenvalue weighted by molar-refractivity contribution is 6.24. The third-order valence-electron chi connectivity index (χ3n) is 8.81. The smallest absolute Gasteiger partial charge is 0.302 e. The molecule has 0 spiro atoms. The average molecular weight is 554 g/mol. The average Bonchev–Trinajstić information content (AvgIpc) is 3.30. The highest BCUT2D eigenvalue weighted by Crippen LogP contribution is 2.49. The molecular formula is C35H41N2O4+. The Labute approximate surface area is 243 Å². The lowest BCUT2D eigenvalue weighted by Gasteiger charge is -2.28. The number of esters is 1. The number of ether oxygens (including phenoxy) is 1. The largest absolute Gasteiger partial charge is 0.506 e. The molecule has 5 rings (SSSR count). The van der Waals surface area contributed by atoms with Gasteiger partial charge in [-0.05, 0) is 51.3 Å². The number of ketones is 1. The maximum atomic E-state index is 13.6. The molecule has 2 aromatic rings. The second-order valence-corrected chi connectivity index (χ2v) is 12.1. The summed E-state index contributed by atoms with van der Waals surface area (Å²) in [6, 6.07) is 16.7. The highest BCUT2D eigenvalue weighted by atomic mass is 16.5. The molecule has 0 unspecified atom stereocenters. The fraction of sp³-hybridized carbons (Fsp3) is 0.400. The first-order valence-corrected chi connectivity index (χ1v) is 14.7. The van der Waals surface area contributed by atoms with Crippen LogP contribution in [-0.4, -0.2) is 46.8 Å². The van der Waals surface area contributed by atoms with Crippen molar-refractivity contribution in [2.45, 2.75) is 71.6 Å². The standard InChI is InChI=1S/C35H40N2O4/c1-7-36-28-17-11-9-15-26(28)34(3,4)30(36)21-24-32(39)25(33(24)40)22-31-35(5,6)27-16-10-12-18-29(27)37(31)19-13-8-14-20-41-23(2)38/h9-12,15-18,21-22H,7-8,13-14,19-20H2,1-6H3/p+1. The number of anilines is 1. The van der Waals surface area contributed by atoms with Crippen LogP contribution < -0.4 is 4.90 Å². The molecule has 2 aromatic carbocycles. The van der Waals surface area contributed by atoms with E-state index in [4.69, 9.17) is 4.74 Å². The Morgan fingerprint density at radius 2 is 1.63 bits per heavy atom. The van der Waals surface area contributed by atoms with Crippen molar-refractivity contribution in [2.24, 2.45) is 0 Å². The Balaban J connectivity index is 1.47. The molecule has 0 aromatic heterocycles. The summed E-state index contributed by atoms with van der Waals surface area (Å²) >= 11 is 0. The minimum absolute atomic E-state index is 0.0610. The van der Waals surface area contributed by atoms with E-state index in [9.17, 15) is 14.7 Å². The van der Waals surface area contributed by atoms with Crippen LogP contribution >= 0.6 is 0 Å². The number of hydrogen-bond acceptors (Lipinski definition) is 5. The second-order valence-electron chi connectivity index (χ2n) is 12.1. The third kappa shape index (κ3) is 4.83. The van der Waals surface area contributed by atoms with Gasteiger partial charge in [-0.15, -0.1) is 0 Å². The van der Waals surface area contributed by atoms with Crippen LogP contribution in [0.2, 0.25) is 0 Å². The molecule has 6 nitrogen and oxygen atoms in total. The molecule has 0 saturated heterocycles. The number of hydrogen-bond donors (Lipinski definition) is 1. The van der Waals surface area contributed by atoms with Crippen molar-refractivity contribution < 1.29 is 24.0 Å². The van der Waals surface area contributed by atoms with Gasteiger partial charge in [0.15, 0.2) is 5.71 Å². The van der Waals surface area contributed by atoms with Crippen molar-refractivity contribution in [1.82, 2.24) is 0 Å². The monoisotopic (exact) mass is 553 g/mol. The summed E-state index contributed by atoms with van der Waals surface area (Å²) in [6.45, 7) is 14.2. The van der Waals surface area contributed by atoms with Crippen LogP contribution in [-0.2, 0) is 25.2 Å². The van der Waals surface area contributed by atoms with Crippen LogP contribution in [0.4, 0.5) is 11.4 Å². The SMILES string of the molecule is CCN1C(=CC2=C(O)/C(=C\C3=[N+](CCCCCOC(C)=O)c4ccccc4C3(C)C)C2=O)C(C)(C)c2ccccc21. The van der Waals surface area contributed by atoms with E-state index in [1.807, 2.05) is 36.4 Å². The summed E-state index contributed by atoms with van der Waals surface area (Å²) < 4.78 is 7.36. The summed E-state index contributed by atoms with van der Waals surface area (Å²) in [6.07, 6.45) is 6.42. The number of nitrogens with zero attached hydrogens (tertiary/aromatic N) is 2. The zero-order chi connectivity index (χ0) is 29.5. The van der Waals surface area contributed by atoms with Gasteiger partial charge in [-0.2, -0.15) is 4.58 Å². The molecule has 6 heteroatoms. The first-order chi connectivity index (χ1) is 19.5. The molecule has 0 bridgehead atoms. The van der Waals surface area contributed by atoms with Gasteiger partial charge in [0.25, 0.3) is 0 Å². The zero-order valence-corrected chi connectivity index (χ0v) is 25.1. The predicted molar refractivity (Wildman–Crippen MR) is 163 cm³/mol. The van der Waals surface area contributed by atoms with Crippen LogP contribution in [0.1, 0.15) is 71.9 Å². The van der Waals surface area contributed by atoms with Crippen LogP contribution in [0.15, 0.2) is 83.3 Å². The first kappa shape index (κ1) is 28.6. The number of unbranched alkanes of at least 4 members (excludes halogenated alkanes) is 2. The van der Waals surface area contributed by atoms with E-state index < -0.39 is 0 Å². The van der Waals surface area contributed by atoms with E-state index in [0.29, 0.717) is 17.8 Å². The molecule has 1 N–H and O–H groups in total. The van der Waals surface area contributed by atoms with Crippen LogP contribution in [0.5, 0.6) is 0 Å². The van der Waals surface area contributed by atoms with Crippen molar-refractivity contribution in [3.05, 3.63) is 94.4 Å². The molecule has 0 saturated carbocycles. The van der Waals surface area contributed by atoms with E-state index >= 15 is 0 Å². The quantitative estimate of drug-likeness (QED) is 0.160. The Morgan fingerprint density at radius 1 is 0.951 bits per heavy atom. The summed E-state index contributed by atoms with van der Waals surface area (Å²) in [5.74, 6) is -0.316. The lowest BCUT2D eigenvalue weighted by Crippen LogP contribution is -2.32. The summed E-state index contributed by atoms with van der Waals surface area (Å²) in [4.78, 5) is 26.9. The Kier molecular flexibility index (Phi) is 7.54. The molecule has 2 heterocycles. The summed E-state index contributed by atoms with van der Waals surface area (Å²) in [7, 11) is 0. The third-order valence-corrected chi connectivity index (χ3v) is 8.81. The van der Waals surface area contributed by atoms with Gasteiger partial charge in [-0.3, -0.25) is 9.59 Å². The van der Waals surface area contributed by atoms with Gasteiger partial charge in [0.1, 0.15) is 12.3 Å². The molecular weight excluding hydrogens is 512 g/mol. The van der Waals surface area contributed by atoms with Crippen molar-refractivity contribution in [2.75, 3.05) is 24.6 Å². The van der Waals surface area contributed by atoms with Gasteiger partial charge in [0.05, 0.1) is 23.2 Å². The lowest BCUT2D eigenvalue weighted by atomic mass is 9.77. The van der Waals surface area contributed by atoms with Gasteiger partial charge < -0.3 is 14.7 Å². The molecule has 1 aliphatic carbocycles. The van der Waals surface area contributed by atoms with Crippen LogP contribution in [0.25, 0.3) is 0 Å².